The largest absolute Gasteiger partial charge is 0.488 e. The molecular weight excluding hydrogens is 535 g/mol. The number of halogens is 1. The molecule has 0 aliphatic carbocycles. The van der Waals surface area contributed by atoms with Crippen LogP contribution in [-0.2, 0) is 7.05 Å². The highest BCUT2D eigenvalue weighted by molar-refractivity contribution is 5.64. The second-order valence-electron chi connectivity index (χ2n) is 10.3. The molecule has 1 unspecified atom stereocenters. The maximum atomic E-state index is 15.2. The molecule has 2 saturated heterocycles. The van der Waals surface area contributed by atoms with E-state index >= 15 is 4.39 Å². The van der Waals surface area contributed by atoms with Crippen molar-refractivity contribution in [3.05, 3.63) is 40.2 Å². The van der Waals surface area contributed by atoms with Gasteiger partial charge in [-0.05, 0) is 61.2 Å². The predicted octanol–water partition coefficient (Wildman–Crippen LogP) is 0.919. The van der Waals surface area contributed by atoms with Crippen LogP contribution >= 0.6 is 0 Å². The number of hydrogen-bond donors (Lipinski definition) is 4. The van der Waals surface area contributed by atoms with E-state index in [1.807, 2.05) is 0 Å². The number of hydrogen-bond acceptors (Lipinski definition) is 12. The number of aryl methyl sites for hydroxylation is 1. The van der Waals surface area contributed by atoms with Crippen LogP contribution in [0, 0.1) is 23.1 Å². The van der Waals surface area contributed by atoms with Gasteiger partial charge in [0.1, 0.15) is 41.6 Å². The molecule has 2 fully saturated rings. The van der Waals surface area contributed by atoms with E-state index in [9.17, 15) is 15.2 Å². The lowest BCUT2D eigenvalue weighted by atomic mass is 9.83. The predicted molar refractivity (Wildman–Crippen MR) is 146 cm³/mol. The van der Waals surface area contributed by atoms with Crippen LogP contribution in [0.3, 0.4) is 0 Å². The first-order chi connectivity index (χ1) is 19.9. The highest BCUT2D eigenvalue weighted by Gasteiger charge is 2.33. The first-order valence-corrected chi connectivity index (χ1v) is 13.6. The van der Waals surface area contributed by atoms with E-state index in [0.29, 0.717) is 24.3 Å². The molecule has 4 heterocycles. The van der Waals surface area contributed by atoms with E-state index in [1.54, 1.807) is 0 Å². The number of piperidine rings is 2. The third-order valence-corrected chi connectivity index (χ3v) is 7.56. The second kappa shape index (κ2) is 12.6. The van der Waals surface area contributed by atoms with E-state index in [0.717, 1.165) is 41.4 Å². The number of benzene rings is 1. The van der Waals surface area contributed by atoms with Crippen molar-refractivity contribution in [1.29, 1.82) is 5.26 Å². The molecule has 0 amide bonds. The first-order valence-electron chi connectivity index (χ1n) is 13.6. The molecule has 0 saturated carbocycles. The Balaban J connectivity index is 1.39. The zero-order valence-electron chi connectivity index (χ0n) is 22.7. The highest BCUT2D eigenvalue weighted by atomic mass is 19.1. The summed E-state index contributed by atoms with van der Waals surface area (Å²) in [6.45, 7) is 2.01. The summed E-state index contributed by atoms with van der Waals surface area (Å²) in [6, 6.07) is 4.92. The topological polar surface area (TPSA) is 179 Å². The fourth-order valence-corrected chi connectivity index (χ4v) is 5.45. The van der Waals surface area contributed by atoms with Crippen LogP contribution in [0.15, 0.2) is 23.1 Å². The number of nitrogens with zero attached hydrogens (tertiary/aromatic N) is 8. The minimum Gasteiger partial charge on any atom is -0.488 e. The van der Waals surface area contributed by atoms with Crippen LogP contribution in [0.2, 0.25) is 0 Å². The van der Waals surface area contributed by atoms with Crippen molar-refractivity contribution in [3.8, 4) is 17.5 Å². The van der Waals surface area contributed by atoms with Crippen molar-refractivity contribution in [1.82, 2.24) is 34.7 Å². The van der Waals surface area contributed by atoms with Gasteiger partial charge in [-0.3, -0.25) is 0 Å². The third kappa shape index (κ3) is 6.29. The van der Waals surface area contributed by atoms with Gasteiger partial charge in [0.25, 0.3) is 0 Å². The molecule has 14 nitrogen and oxygen atoms in total. The number of fused-ring (bicyclic) bond motifs is 1. The summed E-state index contributed by atoms with van der Waals surface area (Å²) < 4.78 is 22.6. The van der Waals surface area contributed by atoms with Gasteiger partial charge in [0.2, 0.25) is 5.95 Å². The van der Waals surface area contributed by atoms with Crippen LogP contribution < -0.4 is 21.1 Å². The molecule has 1 aromatic carbocycles. The van der Waals surface area contributed by atoms with E-state index in [-0.39, 0.29) is 35.2 Å². The van der Waals surface area contributed by atoms with Crippen molar-refractivity contribution in [3.63, 3.8) is 0 Å². The Hall–Kier alpha value is -4.13. The molecule has 41 heavy (non-hydrogen) atoms. The Labute approximate surface area is 235 Å². The minimum atomic E-state index is -1.21. The van der Waals surface area contributed by atoms with E-state index in [2.05, 4.69) is 42.0 Å². The molecule has 0 spiro atoms. The standard InChI is InChI=1S/C26H33FN10O4/c1-35-26(40)37(34-33-35)22-10-20(19(27)9-23(22)41-15-18(39)14-38)31-25-30-13-17(11-28)24(32-25)29-12-16-5-4-8-36-7-3-2-6-21(16)36/h9-10,13,16,18,21,38-39H,2-8,12,14-15H2,1H3,(H2,29,30,31,32)/t16-,18?,21+/m0/s1. The Morgan fingerprint density at radius 1 is 1.24 bits per heavy atom. The molecule has 5 rings (SSSR count). The lowest BCUT2D eigenvalue weighted by molar-refractivity contribution is 0.0534. The van der Waals surface area contributed by atoms with Gasteiger partial charge in [-0.25, -0.2) is 14.2 Å². The molecule has 3 aromatic rings. The maximum Gasteiger partial charge on any atom is 0.368 e. The lowest BCUT2D eigenvalue weighted by Crippen LogP contribution is -2.49. The van der Waals surface area contributed by atoms with Crippen LogP contribution in [-0.4, -0.2) is 89.9 Å². The van der Waals surface area contributed by atoms with E-state index < -0.39 is 24.2 Å². The number of rotatable bonds is 10. The molecule has 3 atom stereocenters. The van der Waals surface area contributed by atoms with Crippen LogP contribution in [0.1, 0.15) is 37.7 Å². The van der Waals surface area contributed by atoms with Crippen LogP contribution in [0.4, 0.5) is 21.8 Å². The zero-order valence-corrected chi connectivity index (χ0v) is 22.7. The Morgan fingerprint density at radius 3 is 2.83 bits per heavy atom. The maximum absolute atomic E-state index is 15.2. The molecule has 15 heteroatoms. The molecule has 2 aromatic heterocycles. The molecule has 218 valence electrons. The van der Waals surface area contributed by atoms with Gasteiger partial charge in [-0.2, -0.15) is 19.6 Å². The Kier molecular flexibility index (Phi) is 8.72. The van der Waals surface area contributed by atoms with Crippen molar-refractivity contribution in [2.45, 2.75) is 44.2 Å². The first kappa shape index (κ1) is 28.4. The van der Waals surface area contributed by atoms with Crippen LogP contribution in [0.25, 0.3) is 5.69 Å². The van der Waals surface area contributed by atoms with Gasteiger partial charge in [-0.1, -0.05) is 6.42 Å². The Morgan fingerprint density at radius 2 is 2.07 bits per heavy atom. The van der Waals surface area contributed by atoms with Gasteiger partial charge in [0.15, 0.2) is 5.82 Å². The number of nitriles is 1. The summed E-state index contributed by atoms with van der Waals surface area (Å²) in [7, 11) is 1.41. The molecule has 0 bridgehead atoms. The van der Waals surface area contributed by atoms with E-state index in [1.165, 1.54) is 38.6 Å². The smallest absolute Gasteiger partial charge is 0.368 e. The van der Waals surface area contributed by atoms with Crippen molar-refractivity contribution >= 4 is 17.5 Å². The summed E-state index contributed by atoms with van der Waals surface area (Å²) >= 11 is 0. The van der Waals surface area contributed by atoms with Gasteiger partial charge in [-0.15, -0.1) is 0 Å². The van der Waals surface area contributed by atoms with Gasteiger partial charge >= 0.3 is 5.69 Å². The van der Waals surface area contributed by atoms with Gasteiger partial charge in [0.05, 0.1) is 18.5 Å². The molecule has 2 aliphatic heterocycles. The number of aromatic nitrogens is 6. The lowest BCUT2D eigenvalue weighted by Gasteiger charge is -2.44. The summed E-state index contributed by atoms with van der Waals surface area (Å²) in [4.78, 5) is 23.7. The fraction of sp³-hybridized carbons (Fsp3) is 0.538. The van der Waals surface area contributed by atoms with Gasteiger partial charge in [0, 0.05) is 25.7 Å². The number of aliphatic hydroxyl groups is 2. The van der Waals surface area contributed by atoms with Crippen molar-refractivity contribution in [2.24, 2.45) is 13.0 Å². The fourth-order valence-electron chi connectivity index (χ4n) is 5.45. The second-order valence-corrected chi connectivity index (χ2v) is 10.3. The van der Waals surface area contributed by atoms with Gasteiger partial charge < -0.3 is 30.5 Å². The normalized spacial score (nSPS) is 19.7. The van der Waals surface area contributed by atoms with E-state index in [4.69, 9.17) is 9.84 Å². The quantitative estimate of drug-likeness (QED) is 0.272. The zero-order chi connectivity index (χ0) is 28.9. The number of anilines is 3. The number of tetrazole rings is 1. The van der Waals surface area contributed by atoms with Crippen molar-refractivity contribution in [2.75, 3.05) is 43.5 Å². The van der Waals surface area contributed by atoms with Crippen molar-refractivity contribution < 1.29 is 19.3 Å². The Bertz CT molecular complexity index is 1470. The third-order valence-electron chi connectivity index (χ3n) is 7.56. The molecular formula is C26H33FN10O4. The molecule has 2 aliphatic rings. The minimum absolute atomic E-state index is 0.0372. The number of aliphatic hydroxyl groups excluding tert-OH is 2. The number of nitrogens with one attached hydrogen (secondary N) is 2. The highest BCUT2D eigenvalue weighted by Crippen LogP contribution is 2.32. The number of ether oxygens (including phenoxy) is 1. The SMILES string of the molecule is Cn1nnn(-c2cc(Nc3ncc(C#N)c(NC[C@@H]4CCCN5CCCC[C@H]45)n3)c(F)cc2OCC(O)CO)c1=O. The summed E-state index contributed by atoms with van der Waals surface area (Å²) in [5.41, 5.74) is -0.396. The average Bonchev–Trinajstić information content (AvgIpc) is 3.33. The molecule has 0 radical (unpaired) electrons. The monoisotopic (exact) mass is 568 g/mol. The summed E-state index contributed by atoms with van der Waals surface area (Å²) in [5.74, 6) is -0.0438. The summed E-state index contributed by atoms with van der Waals surface area (Å²) in [5, 5.41) is 42.1. The average molecular weight is 569 g/mol. The molecule has 4 N–H and O–H groups in total. The van der Waals surface area contributed by atoms with Crippen LogP contribution in [0.5, 0.6) is 5.75 Å². The summed E-state index contributed by atoms with van der Waals surface area (Å²) in [6.07, 6.45) is 6.02.